The highest BCUT2D eigenvalue weighted by atomic mass is 35.5. The molecule has 0 saturated carbocycles. The van der Waals surface area contributed by atoms with Gasteiger partial charge in [0.1, 0.15) is 5.69 Å². The van der Waals surface area contributed by atoms with Crippen molar-refractivity contribution in [3.05, 3.63) is 47.2 Å². The second-order valence-corrected chi connectivity index (χ2v) is 5.73. The Labute approximate surface area is 150 Å². The quantitative estimate of drug-likeness (QED) is 0.629. The zero-order valence-electron chi connectivity index (χ0n) is 13.9. The van der Waals surface area contributed by atoms with Gasteiger partial charge < -0.3 is 19.6 Å². The molecule has 25 heavy (non-hydrogen) atoms. The van der Waals surface area contributed by atoms with Crippen molar-refractivity contribution in [3.63, 3.8) is 0 Å². The summed E-state index contributed by atoms with van der Waals surface area (Å²) in [5, 5.41) is 7.92. The summed E-state index contributed by atoms with van der Waals surface area (Å²) >= 11 is 6.13. The maximum absolute atomic E-state index is 11.9. The van der Waals surface area contributed by atoms with E-state index in [1.165, 1.54) is 0 Å². The summed E-state index contributed by atoms with van der Waals surface area (Å²) in [4.78, 5) is 14.8. The fraction of sp³-hybridized carbons (Fsp3) is 0.222. The molecule has 1 aromatic carbocycles. The number of carbonyl (C=O) groups is 1. The Morgan fingerprint density at radius 2 is 2.16 bits per heavy atom. The molecule has 0 aliphatic rings. The van der Waals surface area contributed by atoms with E-state index in [4.69, 9.17) is 20.9 Å². The topological polar surface area (TPSA) is 80.2 Å². The number of benzene rings is 1. The number of rotatable bonds is 6. The van der Waals surface area contributed by atoms with Gasteiger partial charge in [-0.15, -0.1) is 0 Å². The first-order chi connectivity index (χ1) is 12.1. The van der Waals surface area contributed by atoms with Gasteiger partial charge >= 0.3 is 5.97 Å². The van der Waals surface area contributed by atoms with Crippen LogP contribution in [0.5, 0.6) is 0 Å². The van der Waals surface area contributed by atoms with E-state index in [1.54, 1.807) is 25.3 Å². The average molecular weight is 360 g/mol. The molecule has 0 saturated heterocycles. The fourth-order valence-corrected chi connectivity index (χ4v) is 2.73. The highest BCUT2D eigenvalue weighted by molar-refractivity contribution is 6.30. The van der Waals surface area contributed by atoms with E-state index >= 15 is 0 Å². The van der Waals surface area contributed by atoms with Crippen LogP contribution in [0.3, 0.4) is 0 Å². The van der Waals surface area contributed by atoms with Crippen molar-refractivity contribution in [2.75, 3.05) is 18.5 Å². The number of aromatic nitrogens is 2. The number of aromatic amines is 1. The first kappa shape index (κ1) is 17.1. The Kier molecular flexibility index (Phi) is 5.09. The molecule has 0 radical (unpaired) electrons. The summed E-state index contributed by atoms with van der Waals surface area (Å²) in [5.41, 5.74) is 2.72. The first-order valence-electron chi connectivity index (χ1n) is 7.99. The van der Waals surface area contributed by atoms with Crippen molar-refractivity contribution in [3.8, 4) is 22.5 Å². The van der Waals surface area contributed by atoms with E-state index in [-0.39, 0.29) is 0 Å². The number of anilines is 1. The number of esters is 1. The summed E-state index contributed by atoms with van der Waals surface area (Å²) in [6.45, 7) is 4.75. The van der Waals surface area contributed by atoms with Gasteiger partial charge in [0.2, 0.25) is 0 Å². The molecular weight excluding hydrogens is 342 g/mol. The van der Waals surface area contributed by atoms with E-state index in [1.807, 2.05) is 25.1 Å². The molecule has 0 aliphatic heterocycles. The molecule has 0 spiro atoms. The third-order valence-electron chi connectivity index (χ3n) is 3.59. The molecule has 0 fully saturated rings. The van der Waals surface area contributed by atoms with E-state index in [9.17, 15) is 4.79 Å². The number of hydrogen-bond acceptors (Lipinski definition) is 5. The molecule has 2 N–H and O–H groups in total. The standard InChI is InChI=1S/C18H18ClN3O3/c1-3-20-17-15(11-6-5-7-13(19)8-11)16(25-22-17)12-9-14(21-10-12)18(23)24-4-2/h5-10,21H,3-4H2,1-2H3,(H,20,22). The van der Waals surface area contributed by atoms with Crippen LogP contribution in [-0.4, -0.2) is 29.3 Å². The minimum absolute atomic E-state index is 0.313. The number of ether oxygens (including phenoxy) is 1. The van der Waals surface area contributed by atoms with Crippen LogP contribution in [0.25, 0.3) is 22.5 Å². The predicted octanol–water partition coefficient (Wildman–Crippen LogP) is 4.60. The lowest BCUT2D eigenvalue weighted by molar-refractivity contribution is 0.0520. The number of nitrogens with zero attached hydrogens (tertiary/aromatic N) is 1. The van der Waals surface area contributed by atoms with Crippen molar-refractivity contribution < 1.29 is 14.1 Å². The number of H-pyrrole nitrogens is 1. The summed E-state index contributed by atoms with van der Waals surface area (Å²) in [5.74, 6) is 0.758. The molecule has 7 heteroatoms. The maximum Gasteiger partial charge on any atom is 0.354 e. The van der Waals surface area contributed by atoms with Crippen LogP contribution in [0.2, 0.25) is 5.02 Å². The van der Waals surface area contributed by atoms with Crippen LogP contribution in [0.4, 0.5) is 5.82 Å². The Balaban J connectivity index is 2.06. The van der Waals surface area contributed by atoms with Gasteiger partial charge in [0.15, 0.2) is 11.6 Å². The Morgan fingerprint density at radius 1 is 1.32 bits per heavy atom. The molecule has 6 nitrogen and oxygen atoms in total. The monoisotopic (exact) mass is 359 g/mol. The molecule has 130 valence electrons. The number of nitrogens with one attached hydrogen (secondary N) is 2. The van der Waals surface area contributed by atoms with Gasteiger partial charge in [-0.05, 0) is 37.6 Å². The Hall–Kier alpha value is -2.73. The third-order valence-corrected chi connectivity index (χ3v) is 3.83. The van der Waals surface area contributed by atoms with Crippen molar-refractivity contribution in [2.24, 2.45) is 0 Å². The van der Waals surface area contributed by atoms with Crippen molar-refractivity contribution in [2.45, 2.75) is 13.8 Å². The first-order valence-corrected chi connectivity index (χ1v) is 8.37. The SMILES string of the molecule is CCNc1noc(-c2c[nH]c(C(=O)OCC)c2)c1-c1cccc(Cl)c1. The lowest BCUT2D eigenvalue weighted by Crippen LogP contribution is -2.04. The zero-order chi connectivity index (χ0) is 17.8. The summed E-state index contributed by atoms with van der Waals surface area (Å²) < 4.78 is 10.6. The molecule has 3 rings (SSSR count). The second-order valence-electron chi connectivity index (χ2n) is 5.30. The molecule has 0 unspecified atom stereocenters. The van der Waals surface area contributed by atoms with E-state index in [0.717, 1.165) is 11.1 Å². The Morgan fingerprint density at radius 3 is 2.88 bits per heavy atom. The average Bonchev–Trinajstić information content (AvgIpc) is 3.22. The molecule has 3 aromatic rings. The van der Waals surface area contributed by atoms with Gasteiger partial charge in [-0.1, -0.05) is 28.9 Å². The van der Waals surface area contributed by atoms with Crippen LogP contribution in [-0.2, 0) is 4.74 Å². The molecule has 0 bridgehead atoms. The van der Waals surface area contributed by atoms with Crippen LogP contribution in [0, 0.1) is 0 Å². The van der Waals surface area contributed by atoms with Crippen LogP contribution >= 0.6 is 11.6 Å². The van der Waals surface area contributed by atoms with Crippen LogP contribution in [0.15, 0.2) is 41.1 Å². The van der Waals surface area contributed by atoms with Gasteiger partial charge in [0.05, 0.1) is 12.2 Å². The summed E-state index contributed by atoms with van der Waals surface area (Å²) in [6.07, 6.45) is 1.69. The molecule has 2 heterocycles. The fourth-order valence-electron chi connectivity index (χ4n) is 2.54. The lowest BCUT2D eigenvalue weighted by Gasteiger charge is -2.05. The third kappa shape index (κ3) is 3.53. The molecule has 0 atom stereocenters. The van der Waals surface area contributed by atoms with Crippen molar-refractivity contribution >= 4 is 23.4 Å². The minimum atomic E-state index is -0.413. The maximum atomic E-state index is 11.9. The second kappa shape index (κ2) is 7.44. The van der Waals surface area contributed by atoms with Crippen molar-refractivity contribution in [1.29, 1.82) is 0 Å². The van der Waals surface area contributed by atoms with Gasteiger partial charge in [-0.2, -0.15) is 0 Å². The molecular formula is C18H18ClN3O3. The summed E-state index contributed by atoms with van der Waals surface area (Å²) in [7, 11) is 0. The van der Waals surface area contributed by atoms with Gasteiger partial charge in [-0.25, -0.2) is 4.79 Å². The van der Waals surface area contributed by atoms with Crippen molar-refractivity contribution in [1.82, 2.24) is 10.1 Å². The normalized spacial score (nSPS) is 10.7. The lowest BCUT2D eigenvalue weighted by atomic mass is 10.0. The largest absolute Gasteiger partial charge is 0.461 e. The summed E-state index contributed by atoms with van der Waals surface area (Å²) in [6, 6.07) is 9.13. The minimum Gasteiger partial charge on any atom is -0.461 e. The predicted molar refractivity (Wildman–Crippen MR) is 96.9 cm³/mol. The van der Waals surface area contributed by atoms with Gasteiger partial charge in [-0.3, -0.25) is 0 Å². The highest BCUT2D eigenvalue weighted by Crippen LogP contribution is 2.39. The van der Waals surface area contributed by atoms with Gasteiger partial charge in [0.25, 0.3) is 0 Å². The highest BCUT2D eigenvalue weighted by Gasteiger charge is 2.21. The van der Waals surface area contributed by atoms with E-state index in [0.29, 0.717) is 41.0 Å². The molecule has 2 aromatic heterocycles. The van der Waals surface area contributed by atoms with E-state index in [2.05, 4.69) is 15.5 Å². The van der Waals surface area contributed by atoms with Gasteiger partial charge in [0, 0.05) is 23.3 Å². The smallest absolute Gasteiger partial charge is 0.354 e. The number of carbonyl (C=O) groups excluding carboxylic acids is 1. The van der Waals surface area contributed by atoms with Crippen LogP contribution < -0.4 is 5.32 Å². The van der Waals surface area contributed by atoms with E-state index < -0.39 is 5.97 Å². The molecule has 0 amide bonds. The number of halogens is 1. The van der Waals surface area contributed by atoms with Crippen LogP contribution in [0.1, 0.15) is 24.3 Å². The number of hydrogen-bond donors (Lipinski definition) is 2. The Bertz CT molecular complexity index is 885. The zero-order valence-corrected chi connectivity index (χ0v) is 14.7. The molecule has 0 aliphatic carbocycles.